The predicted octanol–water partition coefficient (Wildman–Crippen LogP) is 0.881. The molecule has 0 aliphatic carbocycles. The predicted molar refractivity (Wildman–Crippen MR) is 58.7 cm³/mol. The zero-order valence-corrected chi connectivity index (χ0v) is 9.28. The van der Waals surface area contributed by atoms with Crippen LogP contribution in [0.4, 0.5) is 0 Å². The number of aryl methyl sites for hydroxylation is 1. The van der Waals surface area contributed by atoms with Crippen LogP contribution in [0, 0.1) is 11.7 Å². The van der Waals surface area contributed by atoms with E-state index in [4.69, 9.17) is 5.73 Å². The fraction of sp³-hybridized carbons (Fsp3) is 0.625. The molecule has 80 valence electrons. The van der Waals surface area contributed by atoms with E-state index in [9.17, 15) is 4.79 Å². The van der Waals surface area contributed by atoms with Crippen LogP contribution in [0.3, 0.4) is 0 Å². The molecule has 0 aliphatic heterocycles. The Labute approximate surface area is 87.7 Å². The quantitative estimate of drug-likeness (QED) is 0.640. The van der Waals surface area contributed by atoms with Gasteiger partial charge in [0.25, 0.3) is 5.56 Å². The minimum Gasteiger partial charge on any atom is -0.330 e. The highest BCUT2D eigenvalue weighted by atomic mass is 32.1. The molecule has 1 aromatic rings. The largest absolute Gasteiger partial charge is 0.330 e. The van der Waals surface area contributed by atoms with Crippen LogP contribution in [0.25, 0.3) is 0 Å². The van der Waals surface area contributed by atoms with Crippen molar-refractivity contribution in [1.29, 1.82) is 0 Å². The third kappa shape index (κ3) is 5.60. The number of nitrogens with two attached hydrogens (primary N) is 1. The summed E-state index contributed by atoms with van der Waals surface area (Å²) in [7, 11) is 0. The average molecular weight is 216 g/mol. The third-order valence-electron chi connectivity index (χ3n) is 1.44. The molecule has 5 nitrogen and oxygen atoms in total. The van der Waals surface area contributed by atoms with Crippen molar-refractivity contribution in [3.8, 4) is 0 Å². The first-order valence-electron chi connectivity index (χ1n) is 4.47. The molecule has 0 amide bonds. The van der Waals surface area contributed by atoms with E-state index in [0.717, 1.165) is 6.54 Å². The van der Waals surface area contributed by atoms with E-state index in [0.29, 0.717) is 5.69 Å². The maximum absolute atomic E-state index is 10.6. The van der Waals surface area contributed by atoms with Crippen LogP contribution >= 0.6 is 12.2 Å². The van der Waals surface area contributed by atoms with E-state index in [1.807, 2.05) is 0 Å². The van der Waals surface area contributed by atoms with E-state index in [1.54, 1.807) is 6.92 Å². The van der Waals surface area contributed by atoms with Gasteiger partial charge in [0.1, 0.15) is 5.69 Å². The lowest BCUT2D eigenvalue weighted by molar-refractivity contribution is 0.807. The van der Waals surface area contributed by atoms with Gasteiger partial charge < -0.3 is 5.73 Å². The molecule has 0 bridgehead atoms. The Morgan fingerprint density at radius 3 is 2.50 bits per heavy atom. The monoisotopic (exact) mass is 216 g/mol. The smallest absolute Gasteiger partial charge is 0.273 e. The van der Waals surface area contributed by atoms with Crippen molar-refractivity contribution in [3.05, 3.63) is 20.8 Å². The van der Waals surface area contributed by atoms with Gasteiger partial charge in [-0.1, -0.05) is 13.3 Å². The molecular formula is C8H16N4OS. The van der Waals surface area contributed by atoms with Crippen LogP contribution in [0.1, 0.15) is 25.5 Å². The van der Waals surface area contributed by atoms with Gasteiger partial charge in [-0.2, -0.15) is 5.10 Å². The molecule has 0 atom stereocenters. The molecule has 0 radical (unpaired) electrons. The summed E-state index contributed by atoms with van der Waals surface area (Å²) in [5, 5.41) is 6.05. The molecule has 0 unspecified atom stereocenters. The molecule has 1 rings (SSSR count). The number of rotatable bonds is 2. The number of nitrogens with one attached hydrogen (secondary N) is 2. The fourth-order valence-corrected chi connectivity index (χ4v) is 0.749. The highest BCUT2D eigenvalue weighted by molar-refractivity contribution is 7.71. The Kier molecular flexibility index (Phi) is 6.87. The van der Waals surface area contributed by atoms with Gasteiger partial charge in [-0.25, -0.2) is 0 Å². The van der Waals surface area contributed by atoms with Crippen LogP contribution in [0.5, 0.6) is 0 Å². The number of aromatic amines is 2. The summed E-state index contributed by atoms with van der Waals surface area (Å²) in [6.07, 6.45) is 2.39. The zero-order valence-electron chi connectivity index (χ0n) is 8.46. The Hall–Kier alpha value is -1.01. The summed E-state index contributed by atoms with van der Waals surface area (Å²) in [5.41, 5.74) is 5.29. The SMILES string of the molecule is CCCCN.Cc1n[nH]c(=S)[nH]c1=O. The van der Waals surface area contributed by atoms with Gasteiger partial charge >= 0.3 is 0 Å². The molecule has 0 saturated carbocycles. The van der Waals surface area contributed by atoms with Crippen molar-refractivity contribution in [2.75, 3.05) is 6.54 Å². The van der Waals surface area contributed by atoms with Crippen molar-refractivity contribution in [3.63, 3.8) is 0 Å². The second kappa shape index (κ2) is 7.40. The van der Waals surface area contributed by atoms with E-state index >= 15 is 0 Å². The highest BCUT2D eigenvalue weighted by Gasteiger charge is 1.88. The van der Waals surface area contributed by atoms with Crippen molar-refractivity contribution in [1.82, 2.24) is 15.2 Å². The summed E-state index contributed by atoms with van der Waals surface area (Å²) in [4.78, 5) is 13.0. The van der Waals surface area contributed by atoms with Crippen molar-refractivity contribution < 1.29 is 0 Å². The first-order valence-corrected chi connectivity index (χ1v) is 4.88. The molecule has 0 aromatic carbocycles. The summed E-state index contributed by atoms with van der Waals surface area (Å²) < 4.78 is 0.255. The second-order valence-electron chi connectivity index (χ2n) is 2.73. The minimum atomic E-state index is -0.237. The summed E-state index contributed by atoms with van der Waals surface area (Å²) >= 11 is 4.59. The maximum Gasteiger partial charge on any atom is 0.273 e. The zero-order chi connectivity index (χ0) is 11.0. The molecule has 1 heterocycles. The van der Waals surface area contributed by atoms with Crippen LogP contribution < -0.4 is 11.3 Å². The molecule has 14 heavy (non-hydrogen) atoms. The number of H-pyrrole nitrogens is 2. The van der Waals surface area contributed by atoms with Crippen molar-refractivity contribution in [2.45, 2.75) is 26.7 Å². The van der Waals surface area contributed by atoms with Gasteiger partial charge in [0.05, 0.1) is 0 Å². The molecule has 1 aromatic heterocycles. The number of hydrogen-bond acceptors (Lipinski definition) is 4. The average Bonchev–Trinajstić information content (AvgIpc) is 2.14. The Morgan fingerprint density at radius 1 is 1.57 bits per heavy atom. The van der Waals surface area contributed by atoms with Gasteiger partial charge in [-0.05, 0) is 32.1 Å². The first kappa shape index (κ1) is 13.0. The van der Waals surface area contributed by atoms with Gasteiger partial charge in [-0.15, -0.1) is 0 Å². The lowest BCUT2D eigenvalue weighted by atomic mass is 10.3. The Balaban J connectivity index is 0.000000292. The molecule has 4 N–H and O–H groups in total. The minimum absolute atomic E-state index is 0.237. The lowest BCUT2D eigenvalue weighted by Crippen LogP contribution is -2.12. The topological polar surface area (TPSA) is 87.6 Å². The number of hydrogen-bond donors (Lipinski definition) is 3. The first-order chi connectivity index (χ1) is 6.61. The maximum atomic E-state index is 10.6. The molecule has 0 aliphatic rings. The van der Waals surface area contributed by atoms with Gasteiger partial charge in [0, 0.05) is 0 Å². The number of unbranched alkanes of at least 4 members (excludes halogenated alkanes) is 1. The van der Waals surface area contributed by atoms with Crippen LogP contribution in [0.15, 0.2) is 4.79 Å². The highest BCUT2D eigenvalue weighted by Crippen LogP contribution is 1.77. The number of nitrogens with zero attached hydrogens (tertiary/aromatic N) is 1. The van der Waals surface area contributed by atoms with Crippen LogP contribution in [0.2, 0.25) is 0 Å². The van der Waals surface area contributed by atoms with Crippen LogP contribution in [-0.2, 0) is 0 Å². The van der Waals surface area contributed by atoms with Gasteiger partial charge in [0.15, 0.2) is 4.77 Å². The lowest BCUT2D eigenvalue weighted by Gasteiger charge is -1.85. The van der Waals surface area contributed by atoms with E-state index in [2.05, 4.69) is 34.3 Å². The summed E-state index contributed by atoms with van der Waals surface area (Å²) in [6, 6.07) is 0. The molecular weight excluding hydrogens is 200 g/mol. The van der Waals surface area contributed by atoms with E-state index in [1.165, 1.54) is 12.8 Å². The van der Waals surface area contributed by atoms with E-state index < -0.39 is 0 Å². The van der Waals surface area contributed by atoms with Gasteiger partial charge in [0.2, 0.25) is 0 Å². The molecule has 6 heteroatoms. The normalized spacial score (nSPS) is 9.07. The Morgan fingerprint density at radius 2 is 2.21 bits per heavy atom. The third-order valence-corrected chi connectivity index (χ3v) is 1.63. The second-order valence-corrected chi connectivity index (χ2v) is 3.14. The van der Waals surface area contributed by atoms with Gasteiger partial charge in [-0.3, -0.25) is 14.9 Å². The van der Waals surface area contributed by atoms with Crippen molar-refractivity contribution in [2.24, 2.45) is 5.73 Å². The Bertz CT molecular complexity index is 355. The van der Waals surface area contributed by atoms with E-state index in [-0.39, 0.29) is 10.3 Å². The fourth-order valence-electron chi connectivity index (χ4n) is 0.611. The summed E-state index contributed by atoms with van der Waals surface area (Å²) in [5.74, 6) is 0. The van der Waals surface area contributed by atoms with Crippen molar-refractivity contribution >= 4 is 12.2 Å². The molecule has 0 fully saturated rings. The molecule has 0 spiro atoms. The molecule has 0 saturated heterocycles. The summed E-state index contributed by atoms with van der Waals surface area (Å²) in [6.45, 7) is 4.58. The number of aromatic nitrogens is 3. The standard InChI is InChI=1S/C4H5N3OS.C4H11N/c1-2-3(8)5-4(9)7-6-2;1-2-3-4-5/h1H3,(H2,5,7,8,9);2-5H2,1H3. The van der Waals surface area contributed by atoms with Crippen LogP contribution in [-0.4, -0.2) is 21.7 Å².